The van der Waals surface area contributed by atoms with Crippen LogP contribution in [0.1, 0.15) is 406 Å². The number of quaternary nitrogens is 1. The second-order valence-electron chi connectivity index (χ2n) is 27.1. The number of hydrogen-bond donors (Lipinski definition) is 1. The van der Waals surface area contributed by atoms with E-state index >= 15 is 0 Å². The minimum Gasteiger partial charge on any atom is -0.462 e. The Balaban J connectivity index is 3.92. The molecule has 1 N–H and O–H groups in total. The molecule has 9 nitrogen and oxygen atoms in total. The third-order valence-electron chi connectivity index (χ3n) is 17.4. The van der Waals surface area contributed by atoms with Gasteiger partial charge in [0.1, 0.15) is 19.8 Å². The van der Waals surface area contributed by atoms with Crippen LogP contribution in [0.4, 0.5) is 0 Å². The van der Waals surface area contributed by atoms with Crippen molar-refractivity contribution in [1.82, 2.24) is 0 Å². The molecule has 0 radical (unpaired) electrons. The SMILES string of the molecule is CCCCCCCCCCCCCCCCCCCCCCCCCCCCCCCCCCCCC(=O)OC(COC(=O)CCCCCCCCCCCCCCCCCCCCCCCCCCC)COP(=O)(O)OCC[N+](C)(C)C. The molecule has 0 amide bonds. The molecule has 496 valence electrons. The van der Waals surface area contributed by atoms with E-state index in [0.29, 0.717) is 17.4 Å². The summed E-state index contributed by atoms with van der Waals surface area (Å²) in [5.74, 6) is -0.766. The molecular formula is C73H147NO8P+. The molecule has 0 spiro atoms. The normalized spacial score (nSPS) is 13.0. The molecule has 0 fully saturated rings. The maximum absolute atomic E-state index is 12.9. The summed E-state index contributed by atoms with van der Waals surface area (Å²) in [4.78, 5) is 35.9. The Morgan fingerprint density at radius 1 is 0.325 bits per heavy atom. The molecule has 0 heterocycles. The lowest BCUT2D eigenvalue weighted by atomic mass is 10.0. The average Bonchev–Trinajstić information content (AvgIpc) is 3.49. The highest BCUT2D eigenvalue weighted by Gasteiger charge is 2.27. The van der Waals surface area contributed by atoms with Crippen molar-refractivity contribution in [2.45, 2.75) is 412 Å². The number of ether oxygens (including phenoxy) is 2. The number of carbonyl (C=O) groups excluding carboxylic acids is 2. The van der Waals surface area contributed by atoms with Gasteiger partial charge in [-0.1, -0.05) is 380 Å². The molecule has 0 aromatic heterocycles. The first kappa shape index (κ1) is 82.0. The highest BCUT2D eigenvalue weighted by atomic mass is 31.2. The minimum absolute atomic E-state index is 0.0378. The molecule has 0 bridgehead atoms. The van der Waals surface area contributed by atoms with Crippen LogP contribution in [0.5, 0.6) is 0 Å². The van der Waals surface area contributed by atoms with Crippen molar-refractivity contribution in [2.75, 3.05) is 47.5 Å². The summed E-state index contributed by atoms with van der Waals surface area (Å²) in [5.41, 5.74) is 0. The first-order chi connectivity index (χ1) is 40.5. The molecule has 0 saturated heterocycles. The van der Waals surface area contributed by atoms with E-state index in [1.165, 1.54) is 340 Å². The van der Waals surface area contributed by atoms with Crippen molar-refractivity contribution in [3.05, 3.63) is 0 Å². The van der Waals surface area contributed by atoms with Crippen molar-refractivity contribution >= 4 is 19.8 Å². The van der Waals surface area contributed by atoms with Crippen LogP contribution < -0.4 is 0 Å². The Morgan fingerprint density at radius 3 is 0.771 bits per heavy atom. The van der Waals surface area contributed by atoms with Crippen molar-refractivity contribution in [3.63, 3.8) is 0 Å². The van der Waals surface area contributed by atoms with E-state index in [0.717, 1.165) is 38.5 Å². The predicted octanol–water partition coefficient (Wildman–Crippen LogP) is 24.1. The van der Waals surface area contributed by atoms with Crippen LogP contribution >= 0.6 is 7.82 Å². The van der Waals surface area contributed by atoms with Crippen LogP contribution in [0.25, 0.3) is 0 Å². The van der Waals surface area contributed by atoms with Crippen molar-refractivity contribution in [1.29, 1.82) is 0 Å². The largest absolute Gasteiger partial charge is 0.472 e. The maximum Gasteiger partial charge on any atom is 0.472 e. The van der Waals surface area contributed by atoms with Gasteiger partial charge in [0.2, 0.25) is 0 Å². The molecule has 2 unspecified atom stereocenters. The molecule has 0 saturated carbocycles. The number of rotatable bonds is 71. The molecule has 0 aromatic rings. The predicted molar refractivity (Wildman–Crippen MR) is 358 cm³/mol. The molecule has 0 aliphatic rings. The first-order valence-corrected chi connectivity index (χ1v) is 38.8. The average molecular weight is 1200 g/mol. The monoisotopic (exact) mass is 1200 g/mol. The van der Waals surface area contributed by atoms with Crippen molar-refractivity contribution in [3.8, 4) is 0 Å². The van der Waals surface area contributed by atoms with Gasteiger partial charge in [-0.3, -0.25) is 18.6 Å². The highest BCUT2D eigenvalue weighted by molar-refractivity contribution is 7.47. The van der Waals surface area contributed by atoms with Gasteiger partial charge in [-0.15, -0.1) is 0 Å². The van der Waals surface area contributed by atoms with Crippen LogP contribution in [0.15, 0.2) is 0 Å². The van der Waals surface area contributed by atoms with E-state index in [4.69, 9.17) is 18.5 Å². The number of carbonyl (C=O) groups is 2. The second kappa shape index (κ2) is 65.5. The molecule has 0 aliphatic carbocycles. The lowest BCUT2D eigenvalue weighted by Crippen LogP contribution is -2.37. The number of phosphoric ester groups is 1. The summed E-state index contributed by atoms with van der Waals surface area (Å²) in [7, 11) is 1.51. The van der Waals surface area contributed by atoms with Gasteiger partial charge in [0.15, 0.2) is 6.10 Å². The summed E-state index contributed by atoms with van der Waals surface area (Å²) in [5, 5.41) is 0. The molecule has 83 heavy (non-hydrogen) atoms. The summed E-state index contributed by atoms with van der Waals surface area (Å²) in [6, 6.07) is 0. The summed E-state index contributed by atoms with van der Waals surface area (Å²) in [6.45, 7) is 4.54. The van der Waals surface area contributed by atoms with E-state index in [2.05, 4.69) is 13.8 Å². The molecule has 10 heteroatoms. The van der Waals surface area contributed by atoms with Crippen LogP contribution in [0.2, 0.25) is 0 Å². The third-order valence-corrected chi connectivity index (χ3v) is 18.4. The van der Waals surface area contributed by atoms with Gasteiger partial charge in [0.25, 0.3) is 0 Å². The molecule has 2 atom stereocenters. The number of nitrogens with zero attached hydrogens (tertiary/aromatic N) is 1. The number of phosphoric acid groups is 1. The summed E-state index contributed by atoms with van der Waals surface area (Å²) in [6.07, 6.45) is 79.5. The van der Waals surface area contributed by atoms with E-state index in [1.807, 2.05) is 21.1 Å². The fraction of sp³-hybridized carbons (Fsp3) is 0.973. The minimum atomic E-state index is -4.39. The molecule has 0 aromatic carbocycles. The van der Waals surface area contributed by atoms with Gasteiger partial charge in [0.05, 0.1) is 27.7 Å². The van der Waals surface area contributed by atoms with Crippen LogP contribution in [-0.4, -0.2) is 74.9 Å². The molecular weight excluding hydrogens is 1050 g/mol. The molecule has 0 rings (SSSR count). The second-order valence-corrected chi connectivity index (χ2v) is 28.5. The van der Waals surface area contributed by atoms with Crippen LogP contribution in [0.3, 0.4) is 0 Å². The Hall–Kier alpha value is -0.990. The zero-order valence-electron chi connectivity index (χ0n) is 56.7. The van der Waals surface area contributed by atoms with Gasteiger partial charge in [-0.05, 0) is 12.8 Å². The Morgan fingerprint density at radius 2 is 0.542 bits per heavy atom. The van der Waals surface area contributed by atoms with E-state index < -0.39 is 26.5 Å². The van der Waals surface area contributed by atoms with E-state index in [-0.39, 0.29) is 25.6 Å². The smallest absolute Gasteiger partial charge is 0.462 e. The van der Waals surface area contributed by atoms with Gasteiger partial charge in [0, 0.05) is 12.8 Å². The van der Waals surface area contributed by atoms with E-state index in [9.17, 15) is 19.0 Å². The lowest BCUT2D eigenvalue weighted by molar-refractivity contribution is -0.870. The van der Waals surface area contributed by atoms with Crippen molar-refractivity contribution < 1.29 is 42.1 Å². The first-order valence-electron chi connectivity index (χ1n) is 37.3. The Labute approximate surface area is 518 Å². The fourth-order valence-electron chi connectivity index (χ4n) is 11.7. The third kappa shape index (κ3) is 70.0. The van der Waals surface area contributed by atoms with Crippen molar-refractivity contribution in [2.24, 2.45) is 0 Å². The zero-order chi connectivity index (χ0) is 60.5. The van der Waals surface area contributed by atoms with Gasteiger partial charge in [-0.25, -0.2) is 4.57 Å². The van der Waals surface area contributed by atoms with Crippen LogP contribution in [0, 0.1) is 0 Å². The number of hydrogen-bond acceptors (Lipinski definition) is 7. The number of likely N-dealkylation sites (N-methyl/N-ethyl adjacent to an activating group) is 1. The van der Waals surface area contributed by atoms with Gasteiger partial charge in [-0.2, -0.15) is 0 Å². The lowest BCUT2D eigenvalue weighted by Gasteiger charge is -2.24. The number of esters is 2. The maximum atomic E-state index is 12.9. The Bertz CT molecular complexity index is 1360. The van der Waals surface area contributed by atoms with E-state index in [1.54, 1.807) is 0 Å². The molecule has 0 aliphatic heterocycles. The fourth-order valence-corrected chi connectivity index (χ4v) is 12.4. The summed E-state index contributed by atoms with van der Waals surface area (Å²) < 4.78 is 34.8. The van der Waals surface area contributed by atoms with Crippen LogP contribution in [-0.2, 0) is 32.7 Å². The topological polar surface area (TPSA) is 108 Å². The Kier molecular flexibility index (Phi) is 64.7. The quantitative estimate of drug-likeness (QED) is 0.0278. The summed E-state index contributed by atoms with van der Waals surface area (Å²) >= 11 is 0. The number of unbranched alkanes of at least 4 members (excludes halogenated alkanes) is 57. The zero-order valence-corrected chi connectivity index (χ0v) is 57.6. The van der Waals surface area contributed by atoms with Gasteiger partial charge >= 0.3 is 19.8 Å². The standard InChI is InChI=1S/C73H146NO8P/c1-6-8-10-12-14-16-18-20-22-24-26-28-30-32-33-34-35-36-37-38-39-40-42-44-46-48-50-52-54-56-58-60-62-64-66-73(76)82-71(70-81-83(77,78)80-68-67-74(3,4)5)69-79-72(75)65-63-61-59-57-55-53-51-49-47-45-43-41-31-29-27-25-23-21-19-17-15-13-11-9-7-2/h71H,6-70H2,1-5H3/p+1. The van der Waals surface area contributed by atoms with Gasteiger partial charge < -0.3 is 18.9 Å². The highest BCUT2D eigenvalue weighted by Crippen LogP contribution is 2.43.